The summed E-state index contributed by atoms with van der Waals surface area (Å²) in [4.78, 5) is 26.1. The van der Waals surface area contributed by atoms with Crippen molar-refractivity contribution in [2.45, 2.75) is 6.42 Å². The molecule has 2 N–H and O–H groups in total. The van der Waals surface area contributed by atoms with E-state index in [2.05, 4.69) is 0 Å². The van der Waals surface area contributed by atoms with Crippen LogP contribution >= 0.6 is 0 Å². The van der Waals surface area contributed by atoms with Crippen LogP contribution < -0.4 is 9.47 Å². The molecule has 0 radical (unpaired) electrons. The molecule has 0 spiro atoms. The number of phenolic OH excluding ortho intramolecular Hbond substituents is 2. The number of ketones is 2. The minimum absolute atomic E-state index is 0.0867. The van der Waals surface area contributed by atoms with Gasteiger partial charge in [-0.15, -0.1) is 0 Å². The highest BCUT2D eigenvalue weighted by molar-refractivity contribution is 6.11. The van der Waals surface area contributed by atoms with Crippen LogP contribution in [-0.4, -0.2) is 36.0 Å². The molecule has 0 aliphatic carbocycles. The second-order valence-electron chi connectivity index (χ2n) is 7.89. The Morgan fingerprint density at radius 3 is 1.77 bits per heavy atom. The van der Waals surface area contributed by atoms with E-state index in [1.54, 1.807) is 60.7 Å². The number of aromatic hydroxyl groups is 2. The van der Waals surface area contributed by atoms with E-state index in [0.717, 1.165) is 0 Å². The zero-order valence-corrected chi connectivity index (χ0v) is 19.3. The highest BCUT2D eigenvalue weighted by atomic mass is 16.5. The van der Waals surface area contributed by atoms with Crippen LogP contribution in [0, 0.1) is 0 Å². The molecule has 0 heterocycles. The Balaban J connectivity index is 1.79. The molecule has 4 aromatic carbocycles. The second kappa shape index (κ2) is 10.1. The fraction of sp³-hybridized carbons (Fsp3) is 0.103. The molecule has 0 aromatic heterocycles. The summed E-state index contributed by atoms with van der Waals surface area (Å²) >= 11 is 0. The summed E-state index contributed by atoms with van der Waals surface area (Å²) < 4.78 is 10.9. The summed E-state index contributed by atoms with van der Waals surface area (Å²) in [6.07, 6.45) is 0.0867. The maximum absolute atomic E-state index is 13.0. The zero-order valence-electron chi connectivity index (χ0n) is 19.3. The summed E-state index contributed by atoms with van der Waals surface area (Å²) in [7, 11) is 2.92. The van der Waals surface area contributed by atoms with Crippen LogP contribution in [0.2, 0.25) is 0 Å². The van der Waals surface area contributed by atoms with Gasteiger partial charge in [-0.3, -0.25) is 9.59 Å². The van der Waals surface area contributed by atoms with E-state index >= 15 is 0 Å². The summed E-state index contributed by atoms with van der Waals surface area (Å²) in [6, 6.07) is 23.3. The number of carbonyl (C=O) groups is 2. The van der Waals surface area contributed by atoms with Crippen molar-refractivity contribution in [2.24, 2.45) is 0 Å². The number of hydrogen-bond acceptors (Lipinski definition) is 6. The van der Waals surface area contributed by atoms with Gasteiger partial charge >= 0.3 is 0 Å². The van der Waals surface area contributed by atoms with Gasteiger partial charge in [-0.05, 0) is 23.8 Å². The number of hydrogen-bond donors (Lipinski definition) is 2. The number of carbonyl (C=O) groups excluding carboxylic acids is 2. The molecule has 0 atom stereocenters. The Morgan fingerprint density at radius 1 is 0.686 bits per heavy atom. The summed E-state index contributed by atoms with van der Waals surface area (Å²) in [5.41, 5.74) is 1.98. The highest BCUT2D eigenvalue weighted by Crippen LogP contribution is 2.38. The maximum Gasteiger partial charge on any atom is 0.196 e. The fourth-order valence-corrected chi connectivity index (χ4v) is 3.97. The molecule has 4 rings (SSSR count). The minimum Gasteiger partial charge on any atom is -0.507 e. The Labute approximate surface area is 203 Å². The first-order chi connectivity index (χ1) is 16.9. The van der Waals surface area contributed by atoms with E-state index in [1.165, 1.54) is 32.4 Å². The minimum atomic E-state index is -0.351. The molecule has 0 aliphatic heterocycles. The van der Waals surface area contributed by atoms with E-state index in [9.17, 15) is 19.8 Å². The molecule has 0 saturated heterocycles. The van der Waals surface area contributed by atoms with Crippen LogP contribution in [0.4, 0.5) is 0 Å². The molecule has 0 fully saturated rings. The van der Waals surface area contributed by atoms with Gasteiger partial charge < -0.3 is 19.7 Å². The Bertz CT molecular complexity index is 1380. The van der Waals surface area contributed by atoms with E-state index < -0.39 is 0 Å². The number of rotatable bonds is 8. The molecule has 6 nitrogen and oxygen atoms in total. The van der Waals surface area contributed by atoms with Crippen molar-refractivity contribution in [3.05, 3.63) is 118 Å². The van der Waals surface area contributed by atoms with Gasteiger partial charge in [0.15, 0.2) is 11.6 Å². The number of benzene rings is 4. The Kier molecular flexibility index (Phi) is 6.83. The van der Waals surface area contributed by atoms with Crippen molar-refractivity contribution >= 4 is 11.6 Å². The number of ether oxygens (including phenoxy) is 2. The third kappa shape index (κ3) is 4.73. The van der Waals surface area contributed by atoms with Gasteiger partial charge in [-0.1, -0.05) is 60.7 Å². The topological polar surface area (TPSA) is 93.1 Å². The predicted octanol–water partition coefficient (Wildman–Crippen LogP) is 5.17. The predicted molar refractivity (Wildman–Crippen MR) is 132 cm³/mol. The summed E-state index contributed by atoms with van der Waals surface area (Å²) in [5, 5.41) is 21.6. The lowest BCUT2D eigenvalue weighted by molar-refractivity contribution is 0.102. The quantitative estimate of drug-likeness (QED) is 0.347. The van der Waals surface area contributed by atoms with Crippen molar-refractivity contribution in [2.75, 3.05) is 14.2 Å². The molecule has 6 heteroatoms. The molecule has 0 aliphatic rings. The van der Waals surface area contributed by atoms with Crippen molar-refractivity contribution in [1.29, 1.82) is 0 Å². The first-order valence-electron chi connectivity index (χ1n) is 10.9. The maximum atomic E-state index is 13.0. The van der Waals surface area contributed by atoms with E-state index in [4.69, 9.17) is 9.47 Å². The lowest BCUT2D eigenvalue weighted by Gasteiger charge is -2.17. The van der Waals surface area contributed by atoms with E-state index in [0.29, 0.717) is 33.8 Å². The van der Waals surface area contributed by atoms with Crippen molar-refractivity contribution in [3.63, 3.8) is 0 Å². The largest absolute Gasteiger partial charge is 0.507 e. The lowest BCUT2D eigenvalue weighted by Crippen LogP contribution is -2.07. The number of phenols is 2. The lowest BCUT2D eigenvalue weighted by atomic mass is 9.93. The van der Waals surface area contributed by atoms with Crippen LogP contribution in [0.1, 0.15) is 43.0 Å². The normalized spacial score (nSPS) is 10.6. The van der Waals surface area contributed by atoms with Gasteiger partial charge in [0, 0.05) is 29.2 Å². The molecule has 176 valence electrons. The van der Waals surface area contributed by atoms with Crippen LogP contribution in [0.5, 0.6) is 23.0 Å². The molecular formula is C29H24O6. The zero-order chi connectivity index (χ0) is 24.9. The van der Waals surface area contributed by atoms with Crippen LogP contribution in [0.15, 0.2) is 84.9 Å². The first-order valence-corrected chi connectivity index (χ1v) is 10.9. The fourth-order valence-electron chi connectivity index (χ4n) is 3.97. The summed E-state index contributed by atoms with van der Waals surface area (Å²) in [6.45, 7) is 0. The Hall–Kier alpha value is -4.58. The average molecular weight is 469 g/mol. The van der Waals surface area contributed by atoms with Gasteiger partial charge in [0.1, 0.15) is 23.0 Å². The van der Waals surface area contributed by atoms with Crippen LogP contribution in [0.3, 0.4) is 0 Å². The SMILES string of the molecule is COc1cc(O)c(C(=O)c2ccccc2)cc1Cc1c(OC)ccc(C(=O)c2ccccc2)c1O. The van der Waals surface area contributed by atoms with E-state index in [-0.39, 0.29) is 40.6 Å². The standard InChI is InChI=1S/C29H24O6/c1-34-25-14-13-21(27(31)18-9-5-3-6-10-18)29(33)23(25)16-20-15-22(24(30)17-26(20)35-2)28(32)19-11-7-4-8-12-19/h3-15,17,30,33H,16H2,1-2H3. The molecule has 0 bridgehead atoms. The molecule has 0 unspecified atom stereocenters. The molecule has 4 aromatic rings. The van der Waals surface area contributed by atoms with Gasteiger partial charge in [-0.25, -0.2) is 0 Å². The number of methoxy groups -OCH3 is 2. The van der Waals surface area contributed by atoms with Gasteiger partial charge in [0.2, 0.25) is 0 Å². The van der Waals surface area contributed by atoms with Gasteiger partial charge in [-0.2, -0.15) is 0 Å². The van der Waals surface area contributed by atoms with Crippen LogP contribution in [-0.2, 0) is 6.42 Å². The molecule has 0 saturated carbocycles. The van der Waals surface area contributed by atoms with Gasteiger partial charge in [0.25, 0.3) is 0 Å². The molecular weight excluding hydrogens is 444 g/mol. The van der Waals surface area contributed by atoms with Crippen molar-refractivity contribution in [3.8, 4) is 23.0 Å². The van der Waals surface area contributed by atoms with Gasteiger partial charge in [0.05, 0.1) is 25.3 Å². The monoisotopic (exact) mass is 468 g/mol. The first kappa shape index (κ1) is 23.6. The smallest absolute Gasteiger partial charge is 0.196 e. The second-order valence-corrected chi connectivity index (χ2v) is 7.89. The highest BCUT2D eigenvalue weighted by Gasteiger charge is 2.23. The van der Waals surface area contributed by atoms with Crippen LogP contribution in [0.25, 0.3) is 0 Å². The van der Waals surface area contributed by atoms with Crippen molar-refractivity contribution < 1.29 is 29.3 Å². The molecule has 35 heavy (non-hydrogen) atoms. The van der Waals surface area contributed by atoms with E-state index in [1.807, 2.05) is 6.07 Å². The third-order valence-electron chi connectivity index (χ3n) is 5.79. The summed E-state index contributed by atoms with van der Waals surface area (Å²) in [5.74, 6) is -0.416. The third-order valence-corrected chi connectivity index (χ3v) is 5.79. The Morgan fingerprint density at radius 2 is 1.23 bits per heavy atom. The average Bonchev–Trinajstić information content (AvgIpc) is 2.90. The molecule has 0 amide bonds. The van der Waals surface area contributed by atoms with Crippen molar-refractivity contribution in [1.82, 2.24) is 0 Å².